The molecule has 0 aromatic heterocycles. The first-order chi connectivity index (χ1) is 9.58. The molecule has 5 heteroatoms. The second-order valence-corrected chi connectivity index (χ2v) is 5.04. The predicted molar refractivity (Wildman–Crippen MR) is 79.8 cm³/mol. The summed E-state index contributed by atoms with van der Waals surface area (Å²) in [6.07, 6.45) is 0.580. The van der Waals surface area contributed by atoms with Crippen LogP contribution in [0, 0.1) is 5.82 Å². The molecule has 1 amide bonds. The van der Waals surface area contributed by atoms with Crippen LogP contribution in [0.5, 0.6) is 0 Å². The number of hydrogen-bond donors (Lipinski definition) is 1. The highest BCUT2D eigenvalue weighted by Crippen LogP contribution is 2.25. The van der Waals surface area contributed by atoms with Crippen LogP contribution in [0.2, 0.25) is 10.0 Å². The third kappa shape index (κ3) is 3.71. The van der Waals surface area contributed by atoms with Crippen LogP contribution < -0.4 is 5.32 Å². The van der Waals surface area contributed by atoms with Gasteiger partial charge in [-0.3, -0.25) is 4.79 Å². The van der Waals surface area contributed by atoms with Gasteiger partial charge in [-0.1, -0.05) is 41.4 Å². The standard InChI is InChI=1S/C15H12Cl2FNO/c16-11-4-3-5-12(17)10(11)8-9-15(20)19-14-7-2-1-6-13(14)18/h1-7H,8-9H2,(H,19,20). The van der Waals surface area contributed by atoms with Gasteiger partial charge in [0.05, 0.1) is 5.69 Å². The first kappa shape index (κ1) is 14.8. The SMILES string of the molecule is O=C(CCc1c(Cl)cccc1Cl)Nc1ccccc1F. The van der Waals surface area contributed by atoms with Crippen LogP contribution in [-0.4, -0.2) is 5.91 Å². The number of halogens is 3. The number of anilines is 1. The number of hydrogen-bond acceptors (Lipinski definition) is 1. The zero-order valence-electron chi connectivity index (χ0n) is 10.5. The van der Waals surface area contributed by atoms with Gasteiger partial charge in [-0.15, -0.1) is 0 Å². The minimum absolute atomic E-state index is 0.169. The topological polar surface area (TPSA) is 29.1 Å². The lowest BCUT2D eigenvalue weighted by Gasteiger charge is -2.08. The molecule has 0 bridgehead atoms. The maximum atomic E-state index is 13.4. The summed E-state index contributed by atoms with van der Waals surface area (Å²) in [5, 5.41) is 3.57. The summed E-state index contributed by atoms with van der Waals surface area (Å²) in [6, 6.07) is 11.2. The van der Waals surface area contributed by atoms with E-state index in [4.69, 9.17) is 23.2 Å². The summed E-state index contributed by atoms with van der Waals surface area (Å²) in [5.41, 5.74) is 0.891. The van der Waals surface area contributed by atoms with E-state index in [0.717, 1.165) is 5.56 Å². The number of amides is 1. The molecular weight excluding hydrogens is 300 g/mol. The van der Waals surface area contributed by atoms with Crippen LogP contribution in [-0.2, 0) is 11.2 Å². The summed E-state index contributed by atoms with van der Waals surface area (Å²) in [5.74, 6) is -0.747. The van der Waals surface area contributed by atoms with E-state index in [0.29, 0.717) is 16.5 Å². The second kappa shape index (κ2) is 6.73. The van der Waals surface area contributed by atoms with Crippen LogP contribution in [0.4, 0.5) is 10.1 Å². The number of carbonyl (C=O) groups is 1. The number of nitrogens with one attached hydrogen (secondary N) is 1. The molecule has 1 N–H and O–H groups in total. The Balaban J connectivity index is 1.98. The van der Waals surface area contributed by atoms with Crippen molar-refractivity contribution >= 4 is 34.8 Å². The molecule has 20 heavy (non-hydrogen) atoms. The maximum absolute atomic E-state index is 13.4. The Morgan fingerprint density at radius 3 is 2.35 bits per heavy atom. The Hall–Kier alpha value is -1.58. The molecule has 2 rings (SSSR count). The summed E-state index contributed by atoms with van der Waals surface area (Å²) in [6.45, 7) is 0. The van der Waals surface area contributed by atoms with E-state index in [1.54, 1.807) is 30.3 Å². The van der Waals surface area contributed by atoms with E-state index in [-0.39, 0.29) is 18.0 Å². The monoisotopic (exact) mass is 311 g/mol. The van der Waals surface area contributed by atoms with Crippen LogP contribution >= 0.6 is 23.2 Å². The summed E-state index contributed by atoms with van der Waals surface area (Å²) in [4.78, 5) is 11.8. The van der Waals surface area contributed by atoms with Crippen molar-refractivity contribution in [2.45, 2.75) is 12.8 Å². The Morgan fingerprint density at radius 1 is 1.05 bits per heavy atom. The van der Waals surface area contributed by atoms with Gasteiger partial charge in [0.2, 0.25) is 5.91 Å². The molecule has 0 heterocycles. The van der Waals surface area contributed by atoms with Gasteiger partial charge in [-0.2, -0.15) is 0 Å². The van der Waals surface area contributed by atoms with E-state index in [2.05, 4.69) is 5.32 Å². The van der Waals surface area contributed by atoms with Gasteiger partial charge in [0, 0.05) is 16.5 Å². The van der Waals surface area contributed by atoms with E-state index in [9.17, 15) is 9.18 Å². The Labute approximate surface area is 126 Å². The highest BCUT2D eigenvalue weighted by molar-refractivity contribution is 6.36. The number of para-hydroxylation sites is 1. The molecule has 0 aliphatic rings. The van der Waals surface area contributed by atoms with E-state index < -0.39 is 5.82 Å². The van der Waals surface area contributed by atoms with Gasteiger partial charge in [-0.05, 0) is 36.2 Å². The number of rotatable bonds is 4. The van der Waals surface area contributed by atoms with Crippen molar-refractivity contribution < 1.29 is 9.18 Å². The van der Waals surface area contributed by atoms with E-state index in [1.165, 1.54) is 12.1 Å². The van der Waals surface area contributed by atoms with Gasteiger partial charge in [0.15, 0.2) is 0 Å². The molecule has 0 saturated heterocycles. The smallest absolute Gasteiger partial charge is 0.224 e. The van der Waals surface area contributed by atoms with Crippen LogP contribution in [0.3, 0.4) is 0 Å². The number of benzene rings is 2. The minimum atomic E-state index is -0.461. The van der Waals surface area contributed by atoms with Crippen molar-refractivity contribution in [3.8, 4) is 0 Å². The van der Waals surface area contributed by atoms with Crippen LogP contribution in [0.1, 0.15) is 12.0 Å². The van der Waals surface area contributed by atoms with E-state index in [1.807, 2.05) is 0 Å². The van der Waals surface area contributed by atoms with Gasteiger partial charge < -0.3 is 5.32 Å². The molecule has 0 fully saturated rings. The van der Waals surface area contributed by atoms with Crippen molar-refractivity contribution in [1.29, 1.82) is 0 Å². The molecular formula is C15H12Cl2FNO. The van der Waals surface area contributed by atoms with Crippen LogP contribution in [0.15, 0.2) is 42.5 Å². The molecule has 2 nitrogen and oxygen atoms in total. The molecule has 2 aromatic rings. The Kier molecular flexibility index (Phi) is 4.99. The molecule has 0 aliphatic carbocycles. The molecule has 0 aliphatic heterocycles. The van der Waals surface area contributed by atoms with Crippen molar-refractivity contribution in [1.82, 2.24) is 0 Å². The first-order valence-electron chi connectivity index (χ1n) is 6.05. The average molecular weight is 312 g/mol. The lowest BCUT2D eigenvalue weighted by atomic mass is 10.1. The largest absolute Gasteiger partial charge is 0.324 e. The predicted octanol–water partition coefficient (Wildman–Crippen LogP) is 4.70. The molecule has 104 valence electrons. The van der Waals surface area contributed by atoms with Gasteiger partial charge in [0.1, 0.15) is 5.82 Å². The first-order valence-corrected chi connectivity index (χ1v) is 6.81. The lowest BCUT2D eigenvalue weighted by molar-refractivity contribution is -0.116. The highest BCUT2D eigenvalue weighted by Gasteiger charge is 2.10. The van der Waals surface area contributed by atoms with Gasteiger partial charge >= 0.3 is 0 Å². The molecule has 0 saturated carbocycles. The van der Waals surface area contributed by atoms with Gasteiger partial charge in [-0.25, -0.2) is 4.39 Å². The fourth-order valence-corrected chi connectivity index (χ4v) is 2.37. The Morgan fingerprint density at radius 2 is 1.70 bits per heavy atom. The Bertz CT molecular complexity index is 611. The molecule has 0 radical (unpaired) electrons. The zero-order valence-corrected chi connectivity index (χ0v) is 12.0. The van der Waals surface area contributed by atoms with Crippen molar-refractivity contribution in [2.24, 2.45) is 0 Å². The summed E-state index contributed by atoms with van der Waals surface area (Å²) in [7, 11) is 0. The number of carbonyl (C=O) groups excluding carboxylic acids is 1. The quantitative estimate of drug-likeness (QED) is 0.871. The molecule has 0 unspecified atom stereocenters. The lowest BCUT2D eigenvalue weighted by Crippen LogP contribution is -2.13. The average Bonchev–Trinajstić information content (AvgIpc) is 2.41. The van der Waals surface area contributed by atoms with E-state index >= 15 is 0 Å². The third-order valence-electron chi connectivity index (χ3n) is 2.81. The maximum Gasteiger partial charge on any atom is 0.224 e. The van der Waals surface area contributed by atoms with Crippen molar-refractivity contribution in [3.63, 3.8) is 0 Å². The second-order valence-electron chi connectivity index (χ2n) is 4.23. The van der Waals surface area contributed by atoms with Crippen molar-refractivity contribution in [3.05, 3.63) is 63.9 Å². The summed E-state index contributed by atoms with van der Waals surface area (Å²) < 4.78 is 13.4. The highest BCUT2D eigenvalue weighted by atomic mass is 35.5. The minimum Gasteiger partial charge on any atom is -0.324 e. The van der Waals surface area contributed by atoms with Gasteiger partial charge in [0.25, 0.3) is 0 Å². The third-order valence-corrected chi connectivity index (χ3v) is 3.52. The van der Waals surface area contributed by atoms with Crippen LogP contribution in [0.25, 0.3) is 0 Å². The molecule has 2 aromatic carbocycles. The molecule has 0 atom stereocenters. The summed E-state index contributed by atoms with van der Waals surface area (Å²) >= 11 is 12.0. The zero-order chi connectivity index (χ0) is 14.5. The fourth-order valence-electron chi connectivity index (χ4n) is 1.78. The normalized spacial score (nSPS) is 10.3. The molecule has 0 spiro atoms. The fraction of sp³-hybridized carbons (Fsp3) is 0.133. The van der Waals surface area contributed by atoms with Crippen molar-refractivity contribution in [2.75, 3.05) is 5.32 Å².